The maximum absolute atomic E-state index is 13.1. The van der Waals surface area contributed by atoms with E-state index in [0.717, 1.165) is 12.3 Å². The number of ether oxygens (including phenoxy) is 1. The van der Waals surface area contributed by atoms with Crippen LogP contribution in [0.15, 0.2) is 41.4 Å². The summed E-state index contributed by atoms with van der Waals surface area (Å²) in [5.74, 6) is -0.234. The van der Waals surface area contributed by atoms with Gasteiger partial charge in [0.1, 0.15) is 5.60 Å². The van der Waals surface area contributed by atoms with Crippen LogP contribution in [0.25, 0.3) is 11.1 Å². The maximum Gasteiger partial charge on any atom is 0.417 e. The van der Waals surface area contributed by atoms with E-state index >= 15 is 0 Å². The first-order valence-corrected chi connectivity index (χ1v) is 9.82. The number of sulfone groups is 1. The van der Waals surface area contributed by atoms with E-state index in [1.807, 2.05) is 0 Å². The summed E-state index contributed by atoms with van der Waals surface area (Å²) in [5.41, 5.74) is -2.32. The maximum atomic E-state index is 13.1. The summed E-state index contributed by atoms with van der Waals surface area (Å²) in [5, 5.41) is 9.60. The molecule has 5 nitrogen and oxygen atoms in total. The van der Waals surface area contributed by atoms with Crippen molar-refractivity contribution in [3.8, 4) is 17.0 Å². The molecule has 0 saturated heterocycles. The minimum absolute atomic E-state index is 0.0145. The molecule has 1 aromatic heterocycles. The van der Waals surface area contributed by atoms with Gasteiger partial charge in [-0.15, -0.1) is 0 Å². The Morgan fingerprint density at radius 3 is 2.19 bits per heavy atom. The molecule has 10 heteroatoms. The molecule has 0 saturated carbocycles. The Kier molecular flexibility index (Phi) is 5.65. The van der Waals surface area contributed by atoms with Crippen molar-refractivity contribution in [2.45, 2.75) is 30.5 Å². The fourth-order valence-corrected chi connectivity index (χ4v) is 2.70. The van der Waals surface area contributed by atoms with Gasteiger partial charge in [-0.25, -0.2) is 13.4 Å². The summed E-state index contributed by atoms with van der Waals surface area (Å²) in [6.45, 7) is 2.72. The zero-order valence-electron chi connectivity index (χ0n) is 14.5. The number of aromatic nitrogens is 1. The summed E-state index contributed by atoms with van der Waals surface area (Å²) >= 11 is 4.95. The van der Waals surface area contributed by atoms with E-state index in [0.29, 0.717) is 6.20 Å². The van der Waals surface area contributed by atoms with Gasteiger partial charge in [0.2, 0.25) is 10.9 Å². The predicted molar refractivity (Wildman–Crippen MR) is 97.3 cm³/mol. The van der Waals surface area contributed by atoms with E-state index in [9.17, 15) is 26.7 Å². The van der Waals surface area contributed by atoms with Crippen molar-refractivity contribution in [3.05, 3.63) is 42.1 Å². The summed E-state index contributed by atoms with van der Waals surface area (Å²) < 4.78 is 67.6. The van der Waals surface area contributed by atoms with Crippen LogP contribution in [0.1, 0.15) is 19.4 Å². The smallest absolute Gasteiger partial charge is 0.417 e. The Hall–Kier alpha value is -2.04. The number of thiocarbonyl (C=S) groups is 1. The van der Waals surface area contributed by atoms with Gasteiger partial charge in [0.25, 0.3) is 0 Å². The van der Waals surface area contributed by atoms with E-state index in [-0.39, 0.29) is 27.0 Å². The number of halogens is 3. The molecular formula is C17H16F3NO4S2. The van der Waals surface area contributed by atoms with E-state index in [4.69, 9.17) is 17.0 Å². The van der Waals surface area contributed by atoms with Crippen LogP contribution in [0.3, 0.4) is 0 Å². The lowest BCUT2D eigenvalue weighted by Gasteiger charge is -2.20. The zero-order valence-corrected chi connectivity index (χ0v) is 16.2. The van der Waals surface area contributed by atoms with Crippen LogP contribution in [0.5, 0.6) is 5.88 Å². The van der Waals surface area contributed by atoms with Crippen molar-refractivity contribution in [1.82, 2.24) is 4.98 Å². The average Bonchev–Trinajstić information content (AvgIpc) is 2.52. The summed E-state index contributed by atoms with van der Waals surface area (Å²) in [6.07, 6.45) is -3.02. The Bertz CT molecular complexity index is 963. The lowest BCUT2D eigenvalue weighted by atomic mass is 10.0. The quantitative estimate of drug-likeness (QED) is 0.763. The minimum Gasteiger partial charge on any atom is -0.428 e. The molecule has 1 N–H and O–H groups in total. The Morgan fingerprint density at radius 1 is 1.19 bits per heavy atom. The van der Waals surface area contributed by atoms with Gasteiger partial charge in [0, 0.05) is 18.0 Å². The molecule has 1 heterocycles. The molecule has 0 unspecified atom stereocenters. The lowest BCUT2D eigenvalue weighted by Crippen LogP contribution is -2.34. The Balaban J connectivity index is 2.58. The van der Waals surface area contributed by atoms with Gasteiger partial charge in [-0.05, 0) is 49.8 Å². The number of rotatable bonds is 4. The third kappa shape index (κ3) is 5.24. The molecule has 2 rings (SSSR count). The molecule has 0 aliphatic rings. The minimum atomic E-state index is -4.64. The topological polar surface area (TPSA) is 76.5 Å². The van der Waals surface area contributed by atoms with Gasteiger partial charge in [-0.2, -0.15) is 13.2 Å². The molecule has 0 radical (unpaired) electrons. The SMILES string of the molecule is CC(C)(O)C(=S)Oc1ncc(C(F)(F)F)cc1-c1ccc(S(C)(=O)=O)cc1. The second kappa shape index (κ2) is 7.17. The molecule has 0 aliphatic carbocycles. The second-order valence-electron chi connectivity index (χ2n) is 6.32. The molecule has 0 atom stereocenters. The van der Waals surface area contributed by atoms with E-state index < -0.39 is 27.2 Å². The molecule has 2 aromatic rings. The predicted octanol–water partition coefficient (Wildman–Crippen LogP) is 3.65. The molecule has 0 bridgehead atoms. The highest BCUT2D eigenvalue weighted by molar-refractivity contribution is 7.90. The van der Waals surface area contributed by atoms with Crippen molar-refractivity contribution >= 4 is 27.1 Å². The number of hydrogen-bond donors (Lipinski definition) is 1. The van der Waals surface area contributed by atoms with Crippen LogP contribution in [0, 0.1) is 0 Å². The van der Waals surface area contributed by atoms with Gasteiger partial charge >= 0.3 is 6.18 Å². The fourth-order valence-electron chi connectivity index (χ4n) is 1.99. The summed E-state index contributed by atoms with van der Waals surface area (Å²) in [4.78, 5) is 3.70. The van der Waals surface area contributed by atoms with Crippen molar-refractivity contribution in [1.29, 1.82) is 0 Å². The standard InChI is InChI=1S/C17H16F3NO4S2/c1-16(2,22)15(26)25-14-13(8-11(9-21-14)17(18,19)20)10-4-6-12(7-5-10)27(3,23)24/h4-9,22H,1-3H3. The van der Waals surface area contributed by atoms with Crippen LogP contribution in [-0.2, 0) is 16.0 Å². The Labute approximate surface area is 159 Å². The van der Waals surface area contributed by atoms with Crippen LogP contribution in [0.2, 0.25) is 0 Å². The van der Waals surface area contributed by atoms with Gasteiger partial charge in [0.15, 0.2) is 9.84 Å². The second-order valence-corrected chi connectivity index (χ2v) is 8.71. The molecule has 0 spiro atoms. The van der Waals surface area contributed by atoms with E-state index in [1.165, 1.54) is 38.1 Å². The number of benzene rings is 1. The van der Waals surface area contributed by atoms with Crippen LogP contribution >= 0.6 is 12.2 Å². The van der Waals surface area contributed by atoms with Gasteiger partial charge < -0.3 is 9.84 Å². The van der Waals surface area contributed by atoms with Gasteiger partial charge in [-0.1, -0.05) is 12.1 Å². The third-order valence-corrected chi connectivity index (χ3v) is 5.17. The highest BCUT2D eigenvalue weighted by atomic mass is 32.2. The molecule has 146 valence electrons. The average molecular weight is 419 g/mol. The normalized spacial score (nSPS) is 12.7. The largest absolute Gasteiger partial charge is 0.428 e. The van der Waals surface area contributed by atoms with Crippen LogP contribution < -0.4 is 4.74 Å². The number of hydrogen-bond acceptors (Lipinski definition) is 6. The van der Waals surface area contributed by atoms with E-state index in [1.54, 1.807) is 0 Å². The third-order valence-electron chi connectivity index (χ3n) is 3.46. The summed E-state index contributed by atoms with van der Waals surface area (Å²) in [6, 6.07) is 6.04. The molecule has 0 fully saturated rings. The first-order valence-electron chi connectivity index (χ1n) is 7.52. The monoisotopic (exact) mass is 419 g/mol. The molecule has 0 aliphatic heterocycles. The van der Waals surface area contributed by atoms with Crippen molar-refractivity contribution in [2.75, 3.05) is 6.26 Å². The highest BCUT2D eigenvalue weighted by Crippen LogP contribution is 2.36. The van der Waals surface area contributed by atoms with Crippen molar-refractivity contribution in [2.24, 2.45) is 0 Å². The summed E-state index contributed by atoms with van der Waals surface area (Å²) in [7, 11) is -3.46. The van der Waals surface area contributed by atoms with Crippen molar-refractivity contribution < 1.29 is 31.4 Å². The highest BCUT2D eigenvalue weighted by Gasteiger charge is 2.33. The molecular weight excluding hydrogens is 403 g/mol. The van der Waals surface area contributed by atoms with Gasteiger partial charge in [0.05, 0.1) is 10.5 Å². The lowest BCUT2D eigenvalue weighted by molar-refractivity contribution is -0.137. The van der Waals surface area contributed by atoms with Crippen molar-refractivity contribution in [3.63, 3.8) is 0 Å². The number of aliphatic hydroxyl groups is 1. The number of pyridine rings is 1. The fraction of sp³-hybridized carbons (Fsp3) is 0.294. The first kappa shape index (κ1) is 21.3. The number of nitrogens with zero attached hydrogens (tertiary/aromatic N) is 1. The first-order chi connectivity index (χ1) is 12.2. The molecule has 27 heavy (non-hydrogen) atoms. The van der Waals surface area contributed by atoms with E-state index in [2.05, 4.69) is 4.98 Å². The van der Waals surface area contributed by atoms with Crippen LogP contribution in [0.4, 0.5) is 13.2 Å². The van der Waals surface area contributed by atoms with Gasteiger partial charge in [-0.3, -0.25) is 0 Å². The number of alkyl halides is 3. The zero-order chi connectivity index (χ0) is 20.6. The Morgan fingerprint density at radius 2 is 1.74 bits per heavy atom. The van der Waals surface area contributed by atoms with Crippen LogP contribution in [-0.4, -0.2) is 35.4 Å². The molecule has 1 aromatic carbocycles. The molecule has 0 amide bonds.